The van der Waals surface area contributed by atoms with Gasteiger partial charge in [0.05, 0.1) is 5.75 Å². The molecule has 0 bridgehead atoms. The molecule has 0 heterocycles. The van der Waals surface area contributed by atoms with E-state index in [2.05, 4.69) is 10.3 Å². The number of primary sulfonamides is 1. The fraction of sp³-hybridized carbons (Fsp3) is 0.889. The molecule has 1 saturated carbocycles. The van der Waals surface area contributed by atoms with Crippen molar-refractivity contribution in [2.24, 2.45) is 15.9 Å². The van der Waals surface area contributed by atoms with Crippen LogP contribution in [0.15, 0.2) is 4.99 Å². The molecular formula is C9H20N4O2S. The smallest absolute Gasteiger partial charge is 0.209 e. The van der Waals surface area contributed by atoms with Crippen LogP contribution in [0.3, 0.4) is 0 Å². The van der Waals surface area contributed by atoms with Gasteiger partial charge in [-0.1, -0.05) is 12.8 Å². The van der Waals surface area contributed by atoms with Gasteiger partial charge in [-0.2, -0.15) is 0 Å². The van der Waals surface area contributed by atoms with E-state index in [1.165, 1.54) is 12.8 Å². The topological polar surface area (TPSA) is 111 Å². The summed E-state index contributed by atoms with van der Waals surface area (Å²) in [6, 6.07) is 0.432. The van der Waals surface area contributed by atoms with Gasteiger partial charge in [0, 0.05) is 12.6 Å². The quantitative estimate of drug-likeness (QED) is 0.346. The molecular weight excluding hydrogens is 228 g/mol. The lowest BCUT2D eigenvalue weighted by Gasteiger charge is -2.11. The summed E-state index contributed by atoms with van der Waals surface area (Å²) in [5.74, 6) is 0.356. The number of aliphatic imine (C=N–C) groups is 1. The molecule has 0 atom stereocenters. The summed E-state index contributed by atoms with van der Waals surface area (Å²) in [6.07, 6.45) is 5.14. The van der Waals surface area contributed by atoms with Gasteiger partial charge in [-0.3, -0.25) is 4.99 Å². The number of guanidine groups is 1. The highest BCUT2D eigenvalue weighted by molar-refractivity contribution is 7.89. The Morgan fingerprint density at radius 3 is 2.56 bits per heavy atom. The summed E-state index contributed by atoms with van der Waals surface area (Å²) < 4.78 is 21.3. The second-order valence-corrected chi connectivity index (χ2v) is 5.85. The average molecular weight is 248 g/mol. The number of hydrogen-bond acceptors (Lipinski definition) is 3. The third-order valence-corrected chi connectivity index (χ3v) is 3.43. The van der Waals surface area contributed by atoms with Gasteiger partial charge in [-0.25, -0.2) is 13.6 Å². The number of nitrogens with two attached hydrogens (primary N) is 2. The Bertz CT molecular complexity index is 333. The number of rotatable bonds is 5. The molecule has 0 saturated heterocycles. The van der Waals surface area contributed by atoms with E-state index in [1.807, 2.05) is 0 Å². The van der Waals surface area contributed by atoms with E-state index in [4.69, 9.17) is 10.9 Å². The molecule has 0 aromatic heterocycles. The number of sulfonamides is 1. The molecule has 1 aliphatic carbocycles. The van der Waals surface area contributed by atoms with Crippen molar-refractivity contribution in [2.75, 3.05) is 12.3 Å². The Hall–Kier alpha value is -0.820. The summed E-state index contributed by atoms with van der Waals surface area (Å²) in [5.41, 5.74) is 5.66. The summed E-state index contributed by atoms with van der Waals surface area (Å²) in [4.78, 5) is 4.05. The maximum absolute atomic E-state index is 10.6. The molecule has 0 aliphatic heterocycles. The average Bonchev–Trinajstić information content (AvgIpc) is 2.63. The van der Waals surface area contributed by atoms with Crippen molar-refractivity contribution in [3.8, 4) is 0 Å². The van der Waals surface area contributed by atoms with Gasteiger partial charge in [0.15, 0.2) is 5.96 Å². The van der Waals surface area contributed by atoms with Crippen LogP contribution in [0.4, 0.5) is 0 Å². The van der Waals surface area contributed by atoms with Gasteiger partial charge in [0.1, 0.15) is 0 Å². The van der Waals surface area contributed by atoms with Crippen molar-refractivity contribution < 1.29 is 8.42 Å². The minimum atomic E-state index is -3.37. The van der Waals surface area contributed by atoms with E-state index in [0.29, 0.717) is 25.0 Å². The lowest BCUT2D eigenvalue weighted by molar-refractivity contribution is 0.595. The zero-order valence-electron chi connectivity index (χ0n) is 9.35. The normalized spacial score (nSPS) is 18.9. The number of nitrogens with one attached hydrogen (secondary N) is 1. The molecule has 0 aromatic rings. The first-order chi connectivity index (χ1) is 7.47. The molecule has 0 amide bonds. The van der Waals surface area contributed by atoms with E-state index >= 15 is 0 Å². The molecule has 16 heavy (non-hydrogen) atoms. The van der Waals surface area contributed by atoms with Crippen LogP contribution in [-0.4, -0.2) is 32.7 Å². The van der Waals surface area contributed by atoms with Crippen molar-refractivity contribution in [1.82, 2.24) is 5.32 Å². The molecule has 7 heteroatoms. The van der Waals surface area contributed by atoms with Crippen LogP contribution in [0.25, 0.3) is 0 Å². The fourth-order valence-electron chi connectivity index (χ4n) is 1.79. The first kappa shape index (κ1) is 13.2. The molecule has 0 aromatic carbocycles. The van der Waals surface area contributed by atoms with Crippen molar-refractivity contribution in [2.45, 2.75) is 38.1 Å². The predicted molar refractivity (Wildman–Crippen MR) is 64.5 cm³/mol. The molecule has 5 N–H and O–H groups in total. The van der Waals surface area contributed by atoms with Gasteiger partial charge >= 0.3 is 0 Å². The van der Waals surface area contributed by atoms with Gasteiger partial charge in [-0.15, -0.1) is 0 Å². The van der Waals surface area contributed by atoms with Gasteiger partial charge in [0.25, 0.3) is 0 Å². The number of nitrogens with zero attached hydrogens (tertiary/aromatic N) is 1. The fourth-order valence-corrected chi connectivity index (χ4v) is 2.32. The molecule has 0 unspecified atom stereocenters. The Balaban J connectivity index is 2.18. The van der Waals surface area contributed by atoms with Crippen LogP contribution in [0, 0.1) is 0 Å². The van der Waals surface area contributed by atoms with E-state index in [0.717, 1.165) is 12.8 Å². The van der Waals surface area contributed by atoms with Gasteiger partial charge in [-0.05, 0) is 19.3 Å². The second kappa shape index (κ2) is 6.05. The molecule has 0 radical (unpaired) electrons. The standard InChI is InChI=1S/C9H20N4O2S/c10-9(13-8-4-1-2-5-8)12-6-3-7-16(11,14)15/h8H,1-7H2,(H3,10,12,13)(H2,11,14,15). The number of hydrogen-bond donors (Lipinski definition) is 3. The molecule has 1 fully saturated rings. The first-order valence-electron chi connectivity index (χ1n) is 5.54. The maximum atomic E-state index is 10.6. The Labute approximate surface area is 96.5 Å². The highest BCUT2D eigenvalue weighted by atomic mass is 32.2. The second-order valence-electron chi connectivity index (χ2n) is 4.11. The SMILES string of the molecule is NC(=NCCCS(N)(=O)=O)NC1CCCC1. The van der Waals surface area contributed by atoms with Crippen LogP contribution in [0.2, 0.25) is 0 Å². The van der Waals surface area contributed by atoms with E-state index in [-0.39, 0.29) is 5.75 Å². The van der Waals surface area contributed by atoms with Crippen molar-refractivity contribution in [1.29, 1.82) is 0 Å². The predicted octanol–water partition coefficient (Wildman–Crippen LogP) is -0.488. The van der Waals surface area contributed by atoms with Crippen LogP contribution in [-0.2, 0) is 10.0 Å². The third-order valence-electron chi connectivity index (χ3n) is 2.58. The molecule has 1 rings (SSSR count). The van der Waals surface area contributed by atoms with Crippen molar-refractivity contribution in [3.05, 3.63) is 0 Å². The first-order valence-corrected chi connectivity index (χ1v) is 7.26. The van der Waals surface area contributed by atoms with E-state index in [9.17, 15) is 8.42 Å². The minimum absolute atomic E-state index is 0.0484. The van der Waals surface area contributed by atoms with Crippen LogP contribution in [0.5, 0.6) is 0 Å². The lowest BCUT2D eigenvalue weighted by atomic mass is 10.2. The zero-order valence-corrected chi connectivity index (χ0v) is 10.2. The van der Waals surface area contributed by atoms with Crippen LogP contribution < -0.4 is 16.2 Å². The van der Waals surface area contributed by atoms with E-state index < -0.39 is 10.0 Å². The van der Waals surface area contributed by atoms with Crippen molar-refractivity contribution in [3.63, 3.8) is 0 Å². The summed E-state index contributed by atoms with van der Waals surface area (Å²) in [5, 5.41) is 7.98. The highest BCUT2D eigenvalue weighted by Gasteiger charge is 2.14. The molecule has 1 aliphatic rings. The summed E-state index contributed by atoms with van der Waals surface area (Å²) in [6.45, 7) is 0.391. The van der Waals surface area contributed by atoms with Gasteiger partial charge < -0.3 is 11.1 Å². The monoisotopic (exact) mass is 248 g/mol. The van der Waals surface area contributed by atoms with Crippen molar-refractivity contribution >= 4 is 16.0 Å². The Morgan fingerprint density at radius 1 is 1.38 bits per heavy atom. The van der Waals surface area contributed by atoms with Crippen LogP contribution in [0.1, 0.15) is 32.1 Å². The largest absolute Gasteiger partial charge is 0.370 e. The minimum Gasteiger partial charge on any atom is -0.370 e. The summed E-state index contributed by atoms with van der Waals surface area (Å²) >= 11 is 0. The lowest BCUT2D eigenvalue weighted by Crippen LogP contribution is -2.38. The Kier molecular flexibility index (Phi) is 5.01. The molecule has 6 nitrogen and oxygen atoms in total. The van der Waals surface area contributed by atoms with Crippen LogP contribution >= 0.6 is 0 Å². The van der Waals surface area contributed by atoms with E-state index in [1.54, 1.807) is 0 Å². The molecule has 0 spiro atoms. The zero-order chi connectivity index (χ0) is 12.0. The van der Waals surface area contributed by atoms with Gasteiger partial charge in [0.2, 0.25) is 10.0 Å². The third kappa shape index (κ3) is 5.92. The summed E-state index contributed by atoms with van der Waals surface area (Å²) in [7, 11) is -3.37. The molecule has 94 valence electrons. The maximum Gasteiger partial charge on any atom is 0.209 e. The highest BCUT2D eigenvalue weighted by Crippen LogP contribution is 2.17. The Morgan fingerprint density at radius 2 is 2.00 bits per heavy atom.